The van der Waals surface area contributed by atoms with Crippen LogP contribution in [0.25, 0.3) is 11.3 Å². The Balaban J connectivity index is 1.71. The lowest BCUT2D eigenvalue weighted by Gasteiger charge is -2.06. The number of nitrogens with zero attached hydrogens (tertiary/aromatic N) is 5. The summed E-state index contributed by atoms with van der Waals surface area (Å²) in [5, 5.41) is 30.9. The summed E-state index contributed by atoms with van der Waals surface area (Å²) in [6.07, 6.45) is 1.60. The Hall–Kier alpha value is -3.77. The van der Waals surface area contributed by atoms with E-state index in [1.54, 1.807) is 30.5 Å². The van der Waals surface area contributed by atoms with Gasteiger partial charge >= 0.3 is 0 Å². The maximum atomic E-state index is 12.2. The first-order chi connectivity index (χ1) is 13.0. The van der Waals surface area contributed by atoms with Crippen molar-refractivity contribution in [2.45, 2.75) is 6.54 Å². The topological polar surface area (TPSA) is 127 Å². The molecular formula is C17H11ClN6O3. The summed E-state index contributed by atoms with van der Waals surface area (Å²) >= 11 is 5.85. The van der Waals surface area contributed by atoms with E-state index in [4.69, 9.17) is 16.9 Å². The molecule has 0 aliphatic heterocycles. The molecule has 0 saturated carbocycles. The van der Waals surface area contributed by atoms with E-state index in [1.165, 1.54) is 16.8 Å². The molecular weight excluding hydrogens is 372 g/mol. The molecule has 3 aromatic rings. The van der Waals surface area contributed by atoms with E-state index >= 15 is 0 Å². The number of anilines is 1. The zero-order valence-electron chi connectivity index (χ0n) is 13.7. The number of carbonyl (C=O) groups is 1. The summed E-state index contributed by atoms with van der Waals surface area (Å²) in [5.41, 5.74) is 1.33. The van der Waals surface area contributed by atoms with Gasteiger partial charge in [-0.1, -0.05) is 28.9 Å². The highest BCUT2D eigenvalue weighted by Crippen LogP contribution is 2.22. The maximum absolute atomic E-state index is 12.2. The summed E-state index contributed by atoms with van der Waals surface area (Å²) in [6, 6.07) is 12.5. The van der Waals surface area contributed by atoms with Crippen molar-refractivity contribution in [3.05, 3.63) is 69.4 Å². The zero-order valence-corrected chi connectivity index (χ0v) is 14.4. The number of hydrogen-bond donors (Lipinski definition) is 1. The van der Waals surface area contributed by atoms with E-state index in [0.717, 1.165) is 11.6 Å². The van der Waals surface area contributed by atoms with Crippen LogP contribution < -0.4 is 5.32 Å². The average molecular weight is 383 g/mol. The molecule has 9 nitrogen and oxygen atoms in total. The molecule has 0 bridgehead atoms. The Morgan fingerprint density at radius 3 is 2.70 bits per heavy atom. The fourth-order valence-corrected chi connectivity index (χ4v) is 2.44. The van der Waals surface area contributed by atoms with Crippen molar-refractivity contribution in [3.8, 4) is 17.3 Å². The van der Waals surface area contributed by atoms with Crippen LogP contribution in [0.5, 0.6) is 0 Å². The summed E-state index contributed by atoms with van der Waals surface area (Å²) in [7, 11) is 0. The van der Waals surface area contributed by atoms with Gasteiger partial charge in [-0.2, -0.15) is 5.26 Å². The molecule has 3 rings (SSSR count). The third kappa shape index (κ3) is 4.26. The van der Waals surface area contributed by atoms with Gasteiger partial charge in [0.2, 0.25) is 5.91 Å². The van der Waals surface area contributed by atoms with Gasteiger partial charge in [0.15, 0.2) is 0 Å². The summed E-state index contributed by atoms with van der Waals surface area (Å²) in [4.78, 5) is 22.4. The predicted octanol–water partition coefficient (Wildman–Crippen LogP) is 3.02. The first-order valence-corrected chi connectivity index (χ1v) is 7.98. The van der Waals surface area contributed by atoms with Gasteiger partial charge in [-0.05, 0) is 18.2 Å². The van der Waals surface area contributed by atoms with Crippen LogP contribution in [-0.4, -0.2) is 25.8 Å². The van der Waals surface area contributed by atoms with Crippen LogP contribution in [0.15, 0.2) is 48.7 Å². The number of nitrogens with one attached hydrogen (secondary N) is 1. The van der Waals surface area contributed by atoms with Crippen molar-refractivity contribution < 1.29 is 9.72 Å². The number of benzene rings is 2. The molecule has 0 atom stereocenters. The van der Waals surface area contributed by atoms with Crippen LogP contribution in [0.1, 0.15) is 5.56 Å². The highest BCUT2D eigenvalue weighted by Gasteiger charge is 2.14. The third-order valence-corrected chi connectivity index (χ3v) is 3.84. The number of nitro benzene ring substituents is 1. The normalized spacial score (nSPS) is 10.2. The Labute approximate surface area is 157 Å². The summed E-state index contributed by atoms with van der Waals surface area (Å²) < 4.78 is 1.34. The molecule has 0 spiro atoms. The van der Waals surface area contributed by atoms with Gasteiger partial charge in [0.1, 0.15) is 18.3 Å². The number of halogens is 1. The molecule has 1 amide bonds. The minimum Gasteiger partial charge on any atom is -0.323 e. The number of non-ortho nitro benzene ring substituents is 1. The number of hydrogen-bond acceptors (Lipinski definition) is 6. The van der Waals surface area contributed by atoms with E-state index < -0.39 is 10.8 Å². The van der Waals surface area contributed by atoms with Crippen LogP contribution >= 0.6 is 11.6 Å². The fraction of sp³-hybridized carbons (Fsp3) is 0.0588. The Bertz CT molecular complexity index is 1060. The Morgan fingerprint density at radius 1 is 1.30 bits per heavy atom. The molecule has 0 fully saturated rings. The van der Waals surface area contributed by atoms with Gasteiger partial charge in [0, 0.05) is 22.7 Å². The molecule has 0 aliphatic carbocycles. The SMILES string of the molecule is N#Cc1cc([N+](=O)[O-])ccc1NC(=O)Cn1cc(-c2ccc(Cl)cc2)nn1. The van der Waals surface area contributed by atoms with Gasteiger partial charge < -0.3 is 5.32 Å². The van der Waals surface area contributed by atoms with Gasteiger partial charge in [-0.25, -0.2) is 4.68 Å². The van der Waals surface area contributed by atoms with Gasteiger partial charge in [0.05, 0.1) is 22.4 Å². The predicted molar refractivity (Wildman–Crippen MR) is 96.9 cm³/mol. The van der Waals surface area contributed by atoms with Crippen LogP contribution in [0, 0.1) is 21.4 Å². The number of aromatic nitrogens is 3. The summed E-state index contributed by atoms with van der Waals surface area (Å²) in [5.74, 6) is -0.451. The van der Waals surface area contributed by atoms with Crippen LogP contribution in [0.2, 0.25) is 5.02 Å². The highest BCUT2D eigenvalue weighted by atomic mass is 35.5. The van der Waals surface area contributed by atoms with Crippen LogP contribution in [0.3, 0.4) is 0 Å². The van der Waals surface area contributed by atoms with E-state index in [9.17, 15) is 14.9 Å². The van der Waals surface area contributed by atoms with E-state index in [2.05, 4.69) is 15.6 Å². The monoisotopic (exact) mass is 382 g/mol. The zero-order chi connectivity index (χ0) is 19.4. The quantitative estimate of drug-likeness (QED) is 0.533. The smallest absolute Gasteiger partial charge is 0.270 e. The van der Waals surface area contributed by atoms with Crippen molar-refractivity contribution in [3.63, 3.8) is 0 Å². The fourth-order valence-electron chi connectivity index (χ4n) is 2.31. The second-order valence-electron chi connectivity index (χ2n) is 5.46. The lowest BCUT2D eigenvalue weighted by Crippen LogP contribution is -2.19. The second kappa shape index (κ2) is 7.63. The van der Waals surface area contributed by atoms with Crippen molar-refractivity contribution >= 4 is 28.9 Å². The molecule has 0 unspecified atom stereocenters. The van der Waals surface area contributed by atoms with Crippen molar-refractivity contribution in [2.75, 3.05) is 5.32 Å². The highest BCUT2D eigenvalue weighted by molar-refractivity contribution is 6.30. The van der Waals surface area contributed by atoms with Crippen molar-refractivity contribution in [1.82, 2.24) is 15.0 Å². The number of nitriles is 1. The largest absolute Gasteiger partial charge is 0.323 e. The van der Waals surface area contributed by atoms with Gasteiger partial charge in [-0.3, -0.25) is 14.9 Å². The van der Waals surface area contributed by atoms with E-state index in [1.807, 2.05) is 6.07 Å². The molecule has 1 aromatic heterocycles. The average Bonchev–Trinajstić information content (AvgIpc) is 3.10. The molecule has 1 N–H and O–H groups in total. The lowest BCUT2D eigenvalue weighted by atomic mass is 10.1. The molecule has 2 aromatic carbocycles. The number of nitro groups is 1. The minimum absolute atomic E-state index is 0.00186. The van der Waals surface area contributed by atoms with Crippen LogP contribution in [0.4, 0.5) is 11.4 Å². The Morgan fingerprint density at radius 2 is 2.04 bits per heavy atom. The summed E-state index contributed by atoms with van der Waals surface area (Å²) in [6.45, 7) is -0.136. The molecule has 134 valence electrons. The first kappa shape index (κ1) is 18.0. The number of carbonyl (C=O) groups excluding carboxylic acids is 1. The molecule has 0 radical (unpaired) electrons. The van der Waals surface area contributed by atoms with Crippen molar-refractivity contribution in [2.24, 2.45) is 0 Å². The van der Waals surface area contributed by atoms with E-state index in [-0.39, 0.29) is 23.5 Å². The van der Waals surface area contributed by atoms with Gasteiger partial charge in [0.25, 0.3) is 5.69 Å². The molecule has 10 heteroatoms. The minimum atomic E-state index is -0.611. The molecule has 27 heavy (non-hydrogen) atoms. The Kier molecular flexibility index (Phi) is 5.10. The first-order valence-electron chi connectivity index (χ1n) is 7.61. The maximum Gasteiger partial charge on any atom is 0.270 e. The molecule has 1 heterocycles. The van der Waals surface area contributed by atoms with E-state index in [0.29, 0.717) is 10.7 Å². The van der Waals surface area contributed by atoms with Gasteiger partial charge in [-0.15, -0.1) is 5.10 Å². The molecule has 0 saturated heterocycles. The molecule has 0 aliphatic rings. The lowest BCUT2D eigenvalue weighted by molar-refractivity contribution is -0.384. The standard InChI is InChI=1S/C17H11ClN6O3/c18-13-3-1-11(2-4-13)16-9-23(22-21-16)10-17(25)20-15-6-5-14(24(26)27)7-12(15)8-19/h1-7,9H,10H2,(H,20,25). The number of amides is 1. The van der Waals surface area contributed by atoms with Crippen molar-refractivity contribution in [1.29, 1.82) is 5.26 Å². The van der Waals surface area contributed by atoms with Crippen LogP contribution in [-0.2, 0) is 11.3 Å². The third-order valence-electron chi connectivity index (χ3n) is 3.59. The second-order valence-corrected chi connectivity index (χ2v) is 5.89. The number of rotatable bonds is 5.